The lowest BCUT2D eigenvalue weighted by Gasteiger charge is -2.42. The van der Waals surface area contributed by atoms with Gasteiger partial charge >= 0.3 is 0 Å². The molecule has 3 fully saturated rings. The Labute approximate surface area is 149 Å². The number of aromatic nitrogens is 2. The van der Waals surface area contributed by atoms with Gasteiger partial charge in [-0.25, -0.2) is 0 Å². The fourth-order valence-corrected chi connectivity index (χ4v) is 4.37. The summed E-state index contributed by atoms with van der Waals surface area (Å²) in [5.41, 5.74) is -1.16. The van der Waals surface area contributed by atoms with Crippen LogP contribution in [0.5, 0.6) is 0 Å². The molecular formula is C19H30N4O2. The maximum atomic E-state index is 12.8. The van der Waals surface area contributed by atoms with E-state index in [0.29, 0.717) is 24.8 Å². The minimum atomic E-state index is -1.16. The third-order valence-corrected chi connectivity index (χ3v) is 6.08. The second-order valence-electron chi connectivity index (χ2n) is 8.28. The van der Waals surface area contributed by atoms with Crippen LogP contribution in [0.1, 0.15) is 38.5 Å². The van der Waals surface area contributed by atoms with Gasteiger partial charge < -0.3 is 10.0 Å². The fraction of sp³-hybridized carbons (Fsp3) is 0.789. The number of hydrogen-bond donors (Lipinski definition) is 1. The molecular weight excluding hydrogens is 316 g/mol. The van der Waals surface area contributed by atoms with Crippen molar-refractivity contribution < 1.29 is 9.90 Å². The predicted molar refractivity (Wildman–Crippen MR) is 94.9 cm³/mol. The second kappa shape index (κ2) is 7.08. The van der Waals surface area contributed by atoms with Crippen molar-refractivity contribution >= 4 is 5.91 Å². The van der Waals surface area contributed by atoms with E-state index in [9.17, 15) is 9.90 Å². The van der Waals surface area contributed by atoms with Gasteiger partial charge in [-0.1, -0.05) is 0 Å². The quantitative estimate of drug-likeness (QED) is 0.845. The van der Waals surface area contributed by atoms with Gasteiger partial charge in [0, 0.05) is 38.6 Å². The van der Waals surface area contributed by atoms with Crippen LogP contribution >= 0.6 is 0 Å². The lowest BCUT2D eigenvalue weighted by molar-refractivity contribution is -0.160. The molecule has 1 aromatic heterocycles. The van der Waals surface area contributed by atoms with Crippen LogP contribution in [-0.4, -0.2) is 68.9 Å². The van der Waals surface area contributed by atoms with Crippen LogP contribution in [0.3, 0.4) is 0 Å². The van der Waals surface area contributed by atoms with Crippen LogP contribution in [0.25, 0.3) is 0 Å². The predicted octanol–water partition coefficient (Wildman–Crippen LogP) is 1.36. The first-order valence-electron chi connectivity index (χ1n) is 9.84. The first kappa shape index (κ1) is 17.0. The standard InChI is InChI=1S/C19H30N4O2/c24-18-19(25,7-1-9-22(18)13-16-3-4-16)15-21-11-5-17(6-12-21)14-23-10-2-8-20-23/h2,8,10,16-17,25H,1,3-7,9,11-15H2/t19-/m1/s1. The third-order valence-electron chi connectivity index (χ3n) is 6.08. The Balaban J connectivity index is 1.28. The number of likely N-dealkylation sites (tertiary alicyclic amines) is 2. The van der Waals surface area contributed by atoms with E-state index < -0.39 is 5.60 Å². The lowest BCUT2D eigenvalue weighted by Crippen LogP contribution is -2.59. The van der Waals surface area contributed by atoms with E-state index in [4.69, 9.17) is 0 Å². The summed E-state index contributed by atoms with van der Waals surface area (Å²) in [6.45, 7) is 5.08. The Bertz CT molecular complexity index is 578. The van der Waals surface area contributed by atoms with E-state index in [0.717, 1.165) is 52.0 Å². The number of aliphatic hydroxyl groups is 1. The third kappa shape index (κ3) is 4.06. The van der Waals surface area contributed by atoms with Crippen molar-refractivity contribution in [2.45, 2.75) is 50.7 Å². The van der Waals surface area contributed by atoms with Crippen molar-refractivity contribution in [3.05, 3.63) is 18.5 Å². The Morgan fingerprint density at radius 1 is 1.12 bits per heavy atom. The van der Waals surface area contributed by atoms with Crippen LogP contribution in [0.4, 0.5) is 0 Å². The molecule has 1 amide bonds. The smallest absolute Gasteiger partial charge is 0.255 e. The molecule has 3 aliphatic rings. The summed E-state index contributed by atoms with van der Waals surface area (Å²) in [6.07, 6.45) is 10.1. The van der Waals surface area contributed by atoms with Crippen molar-refractivity contribution in [1.82, 2.24) is 19.6 Å². The summed E-state index contributed by atoms with van der Waals surface area (Å²) in [5, 5.41) is 15.3. The summed E-state index contributed by atoms with van der Waals surface area (Å²) in [4.78, 5) is 17.0. The van der Waals surface area contributed by atoms with Crippen LogP contribution < -0.4 is 0 Å². The first-order chi connectivity index (χ1) is 12.1. The minimum Gasteiger partial charge on any atom is -0.379 e. The number of carbonyl (C=O) groups excluding carboxylic acids is 1. The molecule has 0 unspecified atom stereocenters. The first-order valence-corrected chi connectivity index (χ1v) is 9.84. The van der Waals surface area contributed by atoms with E-state index in [1.54, 1.807) is 0 Å². The molecule has 1 saturated carbocycles. The Morgan fingerprint density at radius 2 is 1.88 bits per heavy atom. The molecule has 4 rings (SSSR count). The zero-order valence-electron chi connectivity index (χ0n) is 15.0. The van der Waals surface area contributed by atoms with Gasteiger partial charge in [-0.15, -0.1) is 0 Å². The maximum Gasteiger partial charge on any atom is 0.255 e. The molecule has 1 aliphatic carbocycles. The van der Waals surface area contributed by atoms with E-state index in [-0.39, 0.29) is 5.91 Å². The summed E-state index contributed by atoms with van der Waals surface area (Å²) in [7, 11) is 0. The molecule has 138 valence electrons. The number of amides is 1. The molecule has 0 spiro atoms. The number of carbonyl (C=O) groups is 1. The molecule has 2 saturated heterocycles. The molecule has 1 atom stereocenters. The van der Waals surface area contributed by atoms with E-state index >= 15 is 0 Å². The molecule has 1 aromatic rings. The normalized spacial score (nSPS) is 29.3. The zero-order valence-corrected chi connectivity index (χ0v) is 15.0. The molecule has 0 aromatic carbocycles. The summed E-state index contributed by atoms with van der Waals surface area (Å²) in [5.74, 6) is 1.30. The molecule has 3 heterocycles. The zero-order chi connectivity index (χ0) is 17.3. The lowest BCUT2D eigenvalue weighted by atomic mass is 9.89. The summed E-state index contributed by atoms with van der Waals surface area (Å²) >= 11 is 0. The van der Waals surface area contributed by atoms with E-state index in [1.807, 2.05) is 28.0 Å². The second-order valence-corrected chi connectivity index (χ2v) is 8.28. The van der Waals surface area contributed by atoms with Crippen LogP contribution in [-0.2, 0) is 11.3 Å². The van der Waals surface area contributed by atoms with Crippen molar-refractivity contribution in [3.8, 4) is 0 Å². The van der Waals surface area contributed by atoms with Crippen LogP contribution in [0.2, 0.25) is 0 Å². The molecule has 6 nitrogen and oxygen atoms in total. The van der Waals surface area contributed by atoms with Crippen LogP contribution in [0.15, 0.2) is 18.5 Å². The number of piperidine rings is 2. The van der Waals surface area contributed by atoms with E-state index in [1.165, 1.54) is 12.8 Å². The van der Waals surface area contributed by atoms with Gasteiger partial charge in [0.1, 0.15) is 0 Å². The van der Waals surface area contributed by atoms with Crippen molar-refractivity contribution in [2.24, 2.45) is 11.8 Å². The highest BCUT2D eigenvalue weighted by Gasteiger charge is 2.44. The maximum absolute atomic E-state index is 12.8. The fourth-order valence-electron chi connectivity index (χ4n) is 4.37. The van der Waals surface area contributed by atoms with Crippen molar-refractivity contribution in [3.63, 3.8) is 0 Å². The van der Waals surface area contributed by atoms with Gasteiger partial charge in [-0.05, 0) is 69.5 Å². The average molecular weight is 346 g/mol. The van der Waals surface area contributed by atoms with Gasteiger partial charge in [0.25, 0.3) is 5.91 Å². The Kier molecular flexibility index (Phi) is 4.82. The van der Waals surface area contributed by atoms with Gasteiger partial charge in [0.05, 0.1) is 0 Å². The minimum absolute atomic E-state index is 0.0238. The highest BCUT2D eigenvalue weighted by atomic mass is 16.3. The Hall–Kier alpha value is -1.40. The molecule has 0 radical (unpaired) electrons. The topological polar surface area (TPSA) is 61.6 Å². The van der Waals surface area contributed by atoms with Crippen molar-refractivity contribution in [2.75, 3.05) is 32.7 Å². The number of rotatable bonds is 6. The van der Waals surface area contributed by atoms with Gasteiger partial charge in [-0.3, -0.25) is 14.4 Å². The SMILES string of the molecule is O=C1N(CC2CC2)CCC[C@@]1(O)CN1CCC(Cn2cccn2)CC1. The van der Waals surface area contributed by atoms with Crippen LogP contribution in [0, 0.1) is 11.8 Å². The molecule has 25 heavy (non-hydrogen) atoms. The average Bonchev–Trinajstić information content (AvgIpc) is 3.27. The Morgan fingerprint density at radius 3 is 2.56 bits per heavy atom. The molecule has 2 aliphatic heterocycles. The highest BCUT2D eigenvalue weighted by Crippen LogP contribution is 2.33. The van der Waals surface area contributed by atoms with Crippen molar-refractivity contribution in [1.29, 1.82) is 0 Å². The monoisotopic (exact) mass is 346 g/mol. The molecule has 0 bridgehead atoms. The largest absolute Gasteiger partial charge is 0.379 e. The van der Waals surface area contributed by atoms with Gasteiger partial charge in [-0.2, -0.15) is 5.10 Å². The molecule has 6 heteroatoms. The van der Waals surface area contributed by atoms with Gasteiger partial charge in [0.2, 0.25) is 0 Å². The number of β-amino-alcohol motifs (C(OH)–C–C–N with tert-alkyl or cyclic N) is 1. The number of hydrogen-bond acceptors (Lipinski definition) is 4. The van der Waals surface area contributed by atoms with Gasteiger partial charge in [0.15, 0.2) is 5.60 Å². The summed E-state index contributed by atoms with van der Waals surface area (Å²) < 4.78 is 2.01. The summed E-state index contributed by atoms with van der Waals surface area (Å²) in [6, 6.07) is 1.97. The molecule has 1 N–H and O–H groups in total. The van der Waals surface area contributed by atoms with E-state index in [2.05, 4.69) is 10.00 Å². The highest BCUT2D eigenvalue weighted by molar-refractivity contribution is 5.86. The number of nitrogens with zero attached hydrogens (tertiary/aromatic N) is 4.